The molecule has 7 heteroatoms. The molecule has 0 bridgehead atoms. The highest BCUT2D eigenvalue weighted by Crippen LogP contribution is 2.37. The van der Waals surface area contributed by atoms with Crippen molar-refractivity contribution in [2.24, 2.45) is 0 Å². The van der Waals surface area contributed by atoms with Crippen LogP contribution in [0.1, 0.15) is 6.42 Å². The van der Waals surface area contributed by atoms with Gasteiger partial charge in [-0.25, -0.2) is 0 Å². The minimum absolute atomic E-state index is 0.128. The zero-order valence-corrected chi connectivity index (χ0v) is 10.5. The second kappa shape index (κ2) is 6.29. The molecule has 0 aliphatic heterocycles. The van der Waals surface area contributed by atoms with Gasteiger partial charge >= 0.3 is 0 Å². The van der Waals surface area contributed by atoms with E-state index in [9.17, 15) is 13.0 Å². The molecule has 88 valence electrons. The zero-order valence-electron chi connectivity index (χ0n) is 8.80. The van der Waals surface area contributed by atoms with Gasteiger partial charge in [-0.3, -0.25) is 8.75 Å². The molecule has 0 fully saturated rings. The van der Waals surface area contributed by atoms with Gasteiger partial charge in [0.15, 0.2) is 7.37 Å². The lowest BCUT2D eigenvalue weighted by Crippen LogP contribution is -2.12. The Labute approximate surface area is 90.7 Å². The smallest absolute Gasteiger partial charge is 0.268 e. The Hall–Kier alpha value is -0.340. The fraction of sp³-hybridized carbons (Fsp3) is 0.750. The molecule has 0 unspecified atom stereocenters. The predicted octanol–water partition coefficient (Wildman–Crippen LogP) is 0.910. The third kappa shape index (κ3) is 9.95. The molecule has 15 heavy (non-hydrogen) atoms. The molecule has 0 aliphatic carbocycles. The first-order chi connectivity index (χ1) is 6.77. The first-order valence-electron chi connectivity index (χ1n) is 4.27. The van der Waals surface area contributed by atoms with E-state index in [-0.39, 0.29) is 25.4 Å². The van der Waals surface area contributed by atoms with Crippen molar-refractivity contribution in [2.75, 3.05) is 32.3 Å². The molecule has 0 aromatic carbocycles. The van der Waals surface area contributed by atoms with Crippen molar-refractivity contribution >= 4 is 17.5 Å². The van der Waals surface area contributed by atoms with Crippen molar-refractivity contribution < 1.29 is 21.7 Å². The molecule has 0 spiro atoms. The van der Waals surface area contributed by atoms with Crippen LogP contribution in [-0.2, 0) is 23.4 Å². The van der Waals surface area contributed by atoms with Crippen LogP contribution in [0.25, 0.3) is 0 Å². The normalized spacial score (nSPS) is 12.3. The molecule has 0 aromatic rings. The van der Waals surface area contributed by atoms with Crippen molar-refractivity contribution in [1.29, 1.82) is 0 Å². The van der Waals surface area contributed by atoms with Gasteiger partial charge in [0.05, 0.1) is 12.4 Å². The molecule has 0 amide bonds. The average molecular weight is 254 g/mol. The van der Waals surface area contributed by atoms with Gasteiger partial charge in [0.2, 0.25) is 0 Å². The van der Waals surface area contributed by atoms with Gasteiger partial charge < -0.3 is 4.52 Å². The van der Waals surface area contributed by atoms with Crippen LogP contribution in [0.2, 0.25) is 0 Å². The topological polar surface area (TPSA) is 69.7 Å². The van der Waals surface area contributed by atoms with Crippen LogP contribution in [-0.4, -0.2) is 40.7 Å². The van der Waals surface area contributed by atoms with Crippen LogP contribution in [0.5, 0.6) is 0 Å². The molecular formula is C8H15O5PS. The summed E-state index contributed by atoms with van der Waals surface area (Å²) in [4.78, 5) is 0. The van der Waals surface area contributed by atoms with Crippen molar-refractivity contribution in [3.8, 4) is 12.3 Å². The molecule has 0 heterocycles. The fourth-order valence-corrected chi connectivity index (χ4v) is 2.11. The molecule has 0 rings (SSSR count). The SMILES string of the molecule is C#CCOS(=O)(=O)CCCOP(C)(C)=O. The summed E-state index contributed by atoms with van der Waals surface area (Å²) in [6.45, 7) is 2.80. The van der Waals surface area contributed by atoms with Gasteiger partial charge in [-0.1, -0.05) is 5.92 Å². The number of rotatable bonds is 7. The fourth-order valence-electron chi connectivity index (χ4n) is 0.703. The molecule has 0 saturated carbocycles. The van der Waals surface area contributed by atoms with Gasteiger partial charge in [-0.05, 0) is 6.42 Å². The highest BCUT2D eigenvalue weighted by atomic mass is 32.2. The predicted molar refractivity (Wildman–Crippen MR) is 58.6 cm³/mol. The lowest BCUT2D eigenvalue weighted by atomic mass is 10.5. The maximum Gasteiger partial charge on any atom is 0.268 e. The van der Waals surface area contributed by atoms with E-state index in [0.29, 0.717) is 0 Å². The van der Waals surface area contributed by atoms with Gasteiger partial charge in [0.25, 0.3) is 10.1 Å². The summed E-state index contributed by atoms with van der Waals surface area (Å²) in [7, 11) is -6.11. The minimum Gasteiger partial charge on any atom is -0.329 e. The van der Waals surface area contributed by atoms with E-state index >= 15 is 0 Å². The summed E-state index contributed by atoms with van der Waals surface area (Å²) in [5, 5.41) is 0. The van der Waals surface area contributed by atoms with E-state index in [1.165, 1.54) is 13.3 Å². The molecule has 0 radical (unpaired) electrons. The Morgan fingerprint density at radius 3 is 2.47 bits per heavy atom. The standard InChI is InChI=1S/C8H15O5PS/c1-4-6-13-15(10,11)8-5-7-12-14(2,3)9/h1H,5-8H2,2-3H3. The first-order valence-corrected chi connectivity index (χ1v) is 8.36. The minimum atomic E-state index is -3.57. The van der Waals surface area contributed by atoms with Crippen molar-refractivity contribution in [3.63, 3.8) is 0 Å². The monoisotopic (exact) mass is 254 g/mol. The van der Waals surface area contributed by atoms with Gasteiger partial charge in [0, 0.05) is 13.3 Å². The van der Waals surface area contributed by atoms with Gasteiger partial charge in [-0.2, -0.15) is 8.42 Å². The summed E-state index contributed by atoms with van der Waals surface area (Å²) in [5.74, 6) is 1.88. The van der Waals surface area contributed by atoms with E-state index in [1.54, 1.807) is 0 Å². The number of hydrogen-bond donors (Lipinski definition) is 0. The van der Waals surface area contributed by atoms with Gasteiger partial charge in [-0.15, -0.1) is 6.42 Å². The second-order valence-electron chi connectivity index (χ2n) is 3.17. The van der Waals surface area contributed by atoms with Crippen LogP contribution >= 0.6 is 7.37 Å². The molecular weight excluding hydrogens is 239 g/mol. The van der Waals surface area contributed by atoms with E-state index in [2.05, 4.69) is 10.1 Å². The molecule has 0 saturated heterocycles. The van der Waals surface area contributed by atoms with Crippen LogP contribution in [0.4, 0.5) is 0 Å². The lowest BCUT2D eigenvalue weighted by molar-refractivity contribution is 0.314. The molecule has 0 aromatic heterocycles. The van der Waals surface area contributed by atoms with E-state index in [4.69, 9.17) is 10.9 Å². The number of terminal acetylenes is 1. The second-order valence-corrected chi connectivity index (χ2v) is 7.69. The van der Waals surface area contributed by atoms with E-state index < -0.39 is 17.5 Å². The molecule has 0 aliphatic rings. The van der Waals surface area contributed by atoms with Crippen LogP contribution in [0.15, 0.2) is 0 Å². The summed E-state index contributed by atoms with van der Waals surface area (Å²) in [6.07, 6.45) is 5.08. The Morgan fingerprint density at radius 1 is 1.40 bits per heavy atom. The van der Waals surface area contributed by atoms with E-state index in [0.717, 1.165) is 0 Å². The van der Waals surface area contributed by atoms with Crippen molar-refractivity contribution in [1.82, 2.24) is 0 Å². The Kier molecular flexibility index (Phi) is 6.15. The summed E-state index contributed by atoms with van der Waals surface area (Å²) in [6, 6.07) is 0. The summed E-state index contributed by atoms with van der Waals surface area (Å²) >= 11 is 0. The van der Waals surface area contributed by atoms with Crippen LogP contribution in [0, 0.1) is 12.3 Å². The van der Waals surface area contributed by atoms with Gasteiger partial charge in [0.1, 0.15) is 6.61 Å². The summed E-state index contributed by atoms with van der Waals surface area (Å²) < 4.78 is 42.6. The third-order valence-electron chi connectivity index (χ3n) is 1.26. The maximum atomic E-state index is 11.1. The van der Waals surface area contributed by atoms with E-state index in [1.807, 2.05) is 0 Å². The first kappa shape index (κ1) is 14.7. The zero-order chi connectivity index (χ0) is 11.9. The van der Waals surface area contributed by atoms with Crippen molar-refractivity contribution in [3.05, 3.63) is 0 Å². The Bertz CT molecular complexity index is 361. The van der Waals surface area contributed by atoms with Crippen molar-refractivity contribution in [2.45, 2.75) is 6.42 Å². The quantitative estimate of drug-likeness (QED) is 0.292. The third-order valence-corrected chi connectivity index (χ3v) is 3.33. The lowest BCUT2D eigenvalue weighted by Gasteiger charge is -2.07. The average Bonchev–Trinajstić information content (AvgIpc) is 2.08. The Balaban J connectivity index is 3.78. The Morgan fingerprint density at radius 2 is 2.00 bits per heavy atom. The molecule has 0 atom stereocenters. The molecule has 0 N–H and O–H groups in total. The molecule has 5 nitrogen and oxygen atoms in total. The summed E-state index contributed by atoms with van der Waals surface area (Å²) in [5.41, 5.74) is 0. The maximum absolute atomic E-state index is 11.1. The van der Waals surface area contributed by atoms with Crippen LogP contribution in [0.3, 0.4) is 0 Å². The largest absolute Gasteiger partial charge is 0.329 e. The highest BCUT2D eigenvalue weighted by molar-refractivity contribution is 7.86. The highest BCUT2D eigenvalue weighted by Gasteiger charge is 2.12. The number of hydrogen-bond acceptors (Lipinski definition) is 5. The van der Waals surface area contributed by atoms with Crippen LogP contribution < -0.4 is 0 Å².